The zero-order chi connectivity index (χ0) is 13.8. The lowest BCUT2D eigenvalue weighted by atomic mass is 10.1. The highest BCUT2D eigenvalue weighted by molar-refractivity contribution is 8.11. The van der Waals surface area contributed by atoms with Crippen LogP contribution in [0, 0.1) is 0 Å². The number of pyridine rings is 1. The topological polar surface area (TPSA) is 24.9 Å². The van der Waals surface area contributed by atoms with Gasteiger partial charge in [0.15, 0.2) is 0 Å². The molecule has 1 N–H and O–H groups in total. The normalized spacial score (nSPS) is 11.6. The Morgan fingerprint density at radius 3 is 2.79 bits per heavy atom. The molecule has 0 aliphatic heterocycles. The molecule has 1 aromatic carbocycles. The van der Waals surface area contributed by atoms with Crippen molar-refractivity contribution in [3.8, 4) is 0 Å². The van der Waals surface area contributed by atoms with Gasteiger partial charge in [0, 0.05) is 23.5 Å². The minimum Gasteiger partial charge on any atom is -0.373 e. The standard InChI is InChI=1S/C16H18N2S/c1-5-11(2)19-12(3)13-6-7-14-10-18-16(17-4)9-15(14)8-13/h5-10H,3H2,1-2,4H3,(H,17,18)/b11-5-. The first kappa shape index (κ1) is 13.7. The molecule has 2 rings (SSSR count). The number of anilines is 1. The fourth-order valence-electron chi connectivity index (χ4n) is 1.76. The summed E-state index contributed by atoms with van der Waals surface area (Å²) in [5, 5.41) is 5.38. The average Bonchev–Trinajstić information content (AvgIpc) is 2.45. The predicted octanol–water partition coefficient (Wildman–Crippen LogP) is 4.90. The molecule has 0 fully saturated rings. The molecule has 19 heavy (non-hydrogen) atoms. The van der Waals surface area contributed by atoms with Crippen molar-refractivity contribution < 1.29 is 0 Å². The summed E-state index contributed by atoms with van der Waals surface area (Å²) in [5.74, 6) is 0.882. The smallest absolute Gasteiger partial charge is 0.126 e. The lowest BCUT2D eigenvalue weighted by molar-refractivity contribution is 1.31. The Morgan fingerprint density at radius 2 is 2.11 bits per heavy atom. The molecule has 0 unspecified atom stereocenters. The molecule has 0 saturated heterocycles. The number of rotatable bonds is 4. The molecule has 0 bridgehead atoms. The summed E-state index contributed by atoms with van der Waals surface area (Å²) in [7, 11) is 1.88. The van der Waals surface area contributed by atoms with Crippen molar-refractivity contribution in [1.82, 2.24) is 4.98 Å². The maximum atomic E-state index is 4.31. The number of hydrogen-bond acceptors (Lipinski definition) is 3. The summed E-state index contributed by atoms with van der Waals surface area (Å²) in [6.45, 7) is 8.29. The van der Waals surface area contributed by atoms with E-state index in [1.807, 2.05) is 20.2 Å². The zero-order valence-electron chi connectivity index (χ0n) is 11.5. The van der Waals surface area contributed by atoms with Gasteiger partial charge in [0.2, 0.25) is 0 Å². The summed E-state index contributed by atoms with van der Waals surface area (Å²) in [6.07, 6.45) is 3.98. The number of benzene rings is 1. The van der Waals surface area contributed by atoms with E-state index in [9.17, 15) is 0 Å². The molecule has 1 heterocycles. The Morgan fingerprint density at radius 1 is 1.32 bits per heavy atom. The highest BCUT2D eigenvalue weighted by Gasteiger charge is 2.03. The van der Waals surface area contributed by atoms with Gasteiger partial charge in [-0.3, -0.25) is 0 Å². The van der Waals surface area contributed by atoms with Crippen LogP contribution in [0.5, 0.6) is 0 Å². The summed E-state index contributed by atoms with van der Waals surface area (Å²) in [4.78, 5) is 6.64. The second kappa shape index (κ2) is 5.93. The molecule has 1 aromatic heterocycles. The van der Waals surface area contributed by atoms with Gasteiger partial charge >= 0.3 is 0 Å². The van der Waals surface area contributed by atoms with Crippen molar-refractivity contribution in [1.29, 1.82) is 0 Å². The van der Waals surface area contributed by atoms with Crippen molar-refractivity contribution in [2.24, 2.45) is 0 Å². The molecule has 0 spiro atoms. The maximum Gasteiger partial charge on any atom is 0.126 e. The van der Waals surface area contributed by atoms with E-state index in [4.69, 9.17) is 0 Å². The van der Waals surface area contributed by atoms with E-state index in [1.54, 1.807) is 11.8 Å². The van der Waals surface area contributed by atoms with Crippen LogP contribution < -0.4 is 5.32 Å². The number of thioether (sulfide) groups is 1. The van der Waals surface area contributed by atoms with Crippen LogP contribution in [0.25, 0.3) is 15.7 Å². The number of allylic oxidation sites excluding steroid dienone is 2. The van der Waals surface area contributed by atoms with Crippen LogP contribution in [0.4, 0.5) is 5.82 Å². The summed E-state index contributed by atoms with van der Waals surface area (Å²) in [6, 6.07) is 8.41. The largest absolute Gasteiger partial charge is 0.373 e. The van der Waals surface area contributed by atoms with E-state index in [0.717, 1.165) is 21.7 Å². The Balaban J connectivity index is 2.37. The molecule has 0 saturated carbocycles. The molecule has 0 amide bonds. The Labute approximate surface area is 118 Å². The minimum absolute atomic E-state index is 0.882. The second-order valence-corrected chi connectivity index (χ2v) is 5.65. The Bertz CT molecular complexity index is 644. The predicted molar refractivity (Wildman–Crippen MR) is 87.3 cm³/mol. The van der Waals surface area contributed by atoms with E-state index in [1.165, 1.54) is 10.3 Å². The highest BCUT2D eigenvalue weighted by Crippen LogP contribution is 2.33. The van der Waals surface area contributed by atoms with Gasteiger partial charge in [0.05, 0.1) is 0 Å². The van der Waals surface area contributed by atoms with Crippen molar-refractivity contribution in [2.75, 3.05) is 12.4 Å². The Kier molecular flexibility index (Phi) is 4.27. The quantitative estimate of drug-likeness (QED) is 0.855. The molecule has 2 aromatic rings. The van der Waals surface area contributed by atoms with Crippen LogP contribution >= 0.6 is 11.8 Å². The molecule has 0 radical (unpaired) electrons. The zero-order valence-corrected chi connectivity index (χ0v) is 12.3. The molecule has 3 heteroatoms. The van der Waals surface area contributed by atoms with Crippen LogP contribution in [-0.4, -0.2) is 12.0 Å². The van der Waals surface area contributed by atoms with Crippen LogP contribution in [0.1, 0.15) is 19.4 Å². The minimum atomic E-state index is 0.882. The number of aromatic nitrogens is 1. The molecule has 0 atom stereocenters. The van der Waals surface area contributed by atoms with Crippen LogP contribution in [0.15, 0.2) is 48.0 Å². The van der Waals surface area contributed by atoms with Gasteiger partial charge in [-0.1, -0.05) is 36.5 Å². The average molecular weight is 270 g/mol. The van der Waals surface area contributed by atoms with Crippen molar-refractivity contribution >= 4 is 33.3 Å². The van der Waals surface area contributed by atoms with Gasteiger partial charge in [0.25, 0.3) is 0 Å². The molecule has 2 nitrogen and oxygen atoms in total. The second-order valence-electron chi connectivity index (χ2n) is 4.31. The molecule has 0 aliphatic rings. The van der Waals surface area contributed by atoms with E-state index in [2.05, 4.69) is 54.1 Å². The third-order valence-electron chi connectivity index (χ3n) is 2.99. The van der Waals surface area contributed by atoms with E-state index in [0.29, 0.717) is 0 Å². The third-order valence-corrected chi connectivity index (χ3v) is 4.03. The molecule has 98 valence electrons. The van der Waals surface area contributed by atoms with Gasteiger partial charge in [-0.15, -0.1) is 0 Å². The van der Waals surface area contributed by atoms with E-state index < -0.39 is 0 Å². The van der Waals surface area contributed by atoms with Gasteiger partial charge in [-0.2, -0.15) is 0 Å². The molecular weight excluding hydrogens is 252 g/mol. The SMILES string of the molecule is C=C(S/C(C)=C\C)c1ccc2cnc(NC)cc2c1. The van der Waals surface area contributed by atoms with Crippen LogP contribution in [0.3, 0.4) is 0 Å². The summed E-state index contributed by atoms with van der Waals surface area (Å²) < 4.78 is 0. The molecular formula is C16H18N2S. The monoisotopic (exact) mass is 270 g/mol. The van der Waals surface area contributed by atoms with Crippen LogP contribution in [-0.2, 0) is 0 Å². The number of fused-ring (bicyclic) bond motifs is 1. The Hall–Kier alpha value is -1.74. The van der Waals surface area contributed by atoms with E-state index >= 15 is 0 Å². The van der Waals surface area contributed by atoms with Crippen molar-refractivity contribution in [3.63, 3.8) is 0 Å². The van der Waals surface area contributed by atoms with Crippen molar-refractivity contribution in [2.45, 2.75) is 13.8 Å². The lowest BCUT2D eigenvalue weighted by Crippen LogP contribution is -1.91. The van der Waals surface area contributed by atoms with Gasteiger partial charge in [0.1, 0.15) is 5.82 Å². The first-order valence-corrected chi connectivity index (χ1v) is 7.03. The summed E-state index contributed by atoms with van der Waals surface area (Å²) >= 11 is 1.71. The fourth-order valence-corrected chi connectivity index (χ4v) is 2.51. The third kappa shape index (κ3) is 3.18. The lowest BCUT2D eigenvalue weighted by Gasteiger charge is -2.08. The van der Waals surface area contributed by atoms with Crippen molar-refractivity contribution in [3.05, 3.63) is 53.6 Å². The van der Waals surface area contributed by atoms with E-state index in [-0.39, 0.29) is 0 Å². The number of nitrogens with zero attached hydrogens (tertiary/aromatic N) is 1. The number of hydrogen-bond donors (Lipinski definition) is 1. The molecule has 0 aliphatic carbocycles. The first-order valence-electron chi connectivity index (χ1n) is 6.21. The highest BCUT2D eigenvalue weighted by atomic mass is 32.2. The first-order chi connectivity index (χ1) is 9.13. The fraction of sp³-hybridized carbons (Fsp3) is 0.188. The van der Waals surface area contributed by atoms with Crippen LogP contribution in [0.2, 0.25) is 0 Å². The van der Waals surface area contributed by atoms with Gasteiger partial charge in [-0.25, -0.2) is 4.98 Å². The summed E-state index contributed by atoms with van der Waals surface area (Å²) in [5.41, 5.74) is 1.16. The number of nitrogens with one attached hydrogen (secondary N) is 1. The van der Waals surface area contributed by atoms with Gasteiger partial charge in [-0.05, 0) is 41.8 Å². The maximum absolute atomic E-state index is 4.31. The van der Waals surface area contributed by atoms with Gasteiger partial charge < -0.3 is 5.32 Å².